The Morgan fingerprint density at radius 3 is 0.667 bits per heavy atom. The molecule has 0 bridgehead atoms. The van der Waals surface area contributed by atoms with Gasteiger partial charge in [-0.15, -0.1) is 0 Å². The maximum absolute atomic E-state index is 3.09. The van der Waals surface area contributed by atoms with E-state index in [0.29, 0.717) is 40.3 Å². The van der Waals surface area contributed by atoms with Crippen molar-refractivity contribution >= 4 is 51.1 Å². The van der Waals surface area contributed by atoms with Crippen molar-refractivity contribution in [2.75, 3.05) is 0 Å². The Bertz CT molecular complexity index is 937. The molecular weight excluding hydrogens is 617 g/mol. The highest BCUT2D eigenvalue weighted by Crippen LogP contribution is 2.70. The largest absolute Gasteiger partial charge is 0.274 e. The fraction of sp³-hybridized carbons (Fsp3) is 1.00. The van der Waals surface area contributed by atoms with Crippen LogP contribution in [0.4, 0.5) is 0 Å². The lowest BCUT2D eigenvalue weighted by molar-refractivity contribution is 0.630. The second kappa shape index (κ2) is 10.8. The average Bonchev–Trinajstić information content (AvgIpc) is 3.27. The minimum Gasteiger partial charge on any atom is -0.0684 e. The molecule has 0 saturated heterocycles. The smallest absolute Gasteiger partial charge is 0.0684 e. The van der Waals surface area contributed by atoms with E-state index in [4.69, 9.17) is 0 Å². The highest BCUT2D eigenvalue weighted by molar-refractivity contribution is 8.28. The van der Waals surface area contributed by atoms with Crippen molar-refractivity contribution in [3.05, 3.63) is 0 Å². The fourth-order valence-corrected chi connectivity index (χ4v) is 352. The van der Waals surface area contributed by atoms with E-state index in [1.54, 1.807) is 0 Å². The summed E-state index contributed by atoms with van der Waals surface area (Å²) in [4.78, 5) is 0. The monoisotopic (exact) mass is 697 g/mol. The van der Waals surface area contributed by atoms with E-state index >= 15 is 0 Å². The highest BCUT2D eigenvalue weighted by Gasteiger charge is 2.92. The molecular formula is C35H81Si7+. The molecule has 0 aromatic heterocycles. The lowest BCUT2D eigenvalue weighted by Gasteiger charge is -2.60. The Morgan fingerprint density at radius 1 is 0.357 bits per heavy atom. The Labute approximate surface area is 275 Å². The van der Waals surface area contributed by atoms with Crippen LogP contribution in [-0.4, -0.2) is 51.1 Å². The van der Waals surface area contributed by atoms with E-state index in [9.17, 15) is 0 Å². The summed E-state index contributed by atoms with van der Waals surface area (Å²) in [6.45, 7) is 74.0. The molecule has 0 aromatic rings. The van der Waals surface area contributed by atoms with Crippen LogP contribution in [0.1, 0.15) is 166 Å². The fourth-order valence-electron chi connectivity index (χ4n) is 10.8. The van der Waals surface area contributed by atoms with E-state index in [1.165, 1.54) is 0 Å². The Kier molecular flexibility index (Phi) is 10.6. The summed E-state index contributed by atoms with van der Waals surface area (Å²) in [7, 11) is -6.11. The van der Waals surface area contributed by atoms with E-state index in [1.807, 2.05) is 0 Å². The Hall–Kier alpha value is 1.52. The topological polar surface area (TPSA) is 0 Å². The summed E-state index contributed by atoms with van der Waals surface area (Å²) in [6.07, 6.45) is -1.78. The zero-order chi connectivity index (χ0) is 34.7. The molecule has 0 atom stereocenters. The third-order valence-corrected chi connectivity index (χ3v) is 176. The lowest BCUT2D eigenvalue weighted by atomic mass is 10.2. The van der Waals surface area contributed by atoms with E-state index in [2.05, 4.69) is 186 Å². The molecule has 0 nitrogen and oxygen atoms in total. The van der Waals surface area contributed by atoms with Crippen LogP contribution in [0.3, 0.4) is 0 Å². The van der Waals surface area contributed by atoms with Crippen LogP contribution in [0.2, 0.25) is 59.9 Å². The van der Waals surface area contributed by atoms with Crippen molar-refractivity contribution in [1.82, 2.24) is 0 Å². The van der Waals surface area contributed by atoms with Gasteiger partial charge in [0.2, 0.25) is 6.14 Å². The average molecular weight is 699 g/mol. The van der Waals surface area contributed by atoms with Crippen LogP contribution in [-0.2, 0) is 0 Å². The molecule has 0 fully saturated rings. The van der Waals surface area contributed by atoms with Crippen LogP contribution >= 0.6 is 0 Å². The SMILES string of the molecule is CC(C)(C)[Si+](C(C)(C)C)[Si]1([Si](C)(C(C)(C)C)C(C)(C)C)[Si]([Si](C)(C(C)(C)C)C(C)(C)C)=[Si]1[Si](C)(C(C)(C)C)C(C)(C)C. The minimum absolute atomic E-state index is 0.419. The molecule has 0 saturated carbocycles. The first-order chi connectivity index (χ1) is 17.6. The molecule has 1 rings (SSSR count). The molecule has 0 N–H and O–H groups in total. The van der Waals surface area contributed by atoms with Crippen LogP contribution in [0.15, 0.2) is 0 Å². The van der Waals surface area contributed by atoms with Crippen molar-refractivity contribution in [3.8, 4) is 0 Å². The summed E-state index contributed by atoms with van der Waals surface area (Å²) < 4.78 is 0. The molecule has 42 heavy (non-hydrogen) atoms. The number of hydrogen-bond acceptors (Lipinski definition) is 0. The van der Waals surface area contributed by atoms with Gasteiger partial charge in [0.1, 0.15) is 0 Å². The molecule has 248 valence electrons. The minimum atomic E-state index is -1.87. The van der Waals surface area contributed by atoms with Gasteiger partial charge in [0.25, 0.3) is 8.31 Å². The summed E-state index contributed by atoms with van der Waals surface area (Å²) in [5.41, 5.74) is 0. The van der Waals surface area contributed by atoms with Gasteiger partial charge in [-0.2, -0.15) is 0 Å². The van der Waals surface area contributed by atoms with Gasteiger partial charge in [0.15, 0.2) is 0 Å². The van der Waals surface area contributed by atoms with E-state index in [-0.39, 0.29) is 0 Å². The molecule has 1 aliphatic rings. The van der Waals surface area contributed by atoms with Gasteiger partial charge in [0, 0.05) is 13.9 Å². The van der Waals surface area contributed by atoms with Gasteiger partial charge in [-0.1, -0.05) is 144 Å². The van der Waals surface area contributed by atoms with Gasteiger partial charge in [-0.3, -0.25) is 0 Å². The molecule has 1 heterocycles. The van der Waals surface area contributed by atoms with Crippen molar-refractivity contribution in [1.29, 1.82) is 0 Å². The molecule has 0 unspecified atom stereocenters. The second-order valence-corrected chi connectivity index (χ2v) is 92.2. The van der Waals surface area contributed by atoms with Gasteiger partial charge in [0.05, 0.1) is 32.9 Å². The van der Waals surface area contributed by atoms with Crippen molar-refractivity contribution in [3.63, 3.8) is 0 Å². The Morgan fingerprint density at radius 2 is 0.548 bits per heavy atom. The quantitative estimate of drug-likeness (QED) is 0.257. The first kappa shape index (κ1) is 41.5. The maximum Gasteiger partial charge on any atom is 0.274 e. The predicted molar refractivity (Wildman–Crippen MR) is 216 cm³/mol. The van der Waals surface area contributed by atoms with Gasteiger partial charge in [-0.25, -0.2) is 0 Å². The normalized spacial score (nSPS) is 18.9. The summed E-state index contributed by atoms with van der Waals surface area (Å²) in [5.74, 6) is 0. The summed E-state index contributed by atoms with van der Waals surface area (Å²) in [5, 5.41) is 3.43. The molecule has 0 amide bonds. The molecule has 0 aliphatic carbocycles. The van der Waals surface area contributed by atoms with Crippen molar-refractivity contribution < 1.29 is 0 Å². The Balaban J connectivity index is 5.14. The van der Waals surface area contributed by atoms with Gasteiger partial charge >= 0.3 is 0 Å². The number of rotatable bonds is 4. The molecule has 1 aliphatic heterocycles. The predicted octanol–water partition coefficient (Wildman–Crippen LogP) is 13.1. The van der Waals surface area contributed by atoms with Crippen LogP contribution in [0, 0.1) is 0 Å². The zero-order valence-corrected chi connectivity index (χ0v) is 41.5. The van der Waals surface area contributed by atoms with Gasteiger partial charge in [-0.05, 0) is 71.8 Å². The lowest BCUT2D eigenvalue weighted by Crippen LogP contribution is -2.83. The molecule has 0 radical (unpaired) electrons. The maximum atomic E-state index is 3.09. The highest BCUT2D eigenvalue weighted by atomic mass is 30.5. The van der Waals surface area contributed by atoms with Crippen LogP contribution in [0.25, 0.3) is 0 Å². The molecule has 7 heteroatoms. The first-order valence-electron chi connectivity index (χ1n) is 17.2. The van der Waals surface area contributed by atoms with Crippen LogP contribution in [0.5, 0.6) is 0 Å². The van der Waals surface area contributed by atoms with E-state index < -0.39 is 51.1 Å². The third kappa shape index (κ3) is 5.79. The standard InChI is InChI=1S/C35H81Si7/c1-28(2,3)36(29(4,5)6)42(41(27,34(19,20)21)35(22,23)24)37(39(25,30(7,8)9)31(10,11)12)38(42)40(26,32(13,14)15)33(16,17)18/h1-27H3/q+1. The summed E-state index contributed by atoms with van der Waals surface area (Å²) in [6, 6.07) is 0. The molecule has 0 spiro atoms. The van der Waals surface area contributed by atoms with E-state index in [0.717, 1.165) is 0 Å². The second-order valence-electron chi connectivity index (χ2n) is 23.2. The number of hydrogen-bond donors (Lipinski definition) is 0. The van der Waals surface area contributed by atoms with Gasteiger partial charge < -0.3 is 0 Å². The van der Waals surface area contributed by atoms with Crippen molar-refractivity contribution in [2.45, 2.75) is 226 Å². The third-order valence-electron chi connectivity index (χ3n) is 13.6. The molecule has 0 aromatic carbocycles. The summed E-state index contributed by atoms with van der Waals surface area (Å²) >= 11 is 0. The van der Waals surface area contributed by atoms with Crippen molar-refractivity contribution in [2.24, 2.45) is 0 Å². The van der Waals surface area contributed by atoms with Crippen LogP contribution < -0.4 is 0 Å². The zero-order valence-electron chi connectivity index (χ0n) is 34.5. The first-order valence-corrected chi connectivity index (χ1v) is 38.2.